The molecular formula is C11H10OS. The van der Waals surface area contributed by atoms with E-state index in [0.717, 1.165) is 16.0 Å². The van der Waals surface area contributed by atoms with Crippen molar-refractivity contribution in [1.82, 2.24) is 0 Å². The first kappa shape index (κ1) is 8.45. The van der Waals surface area contributed by atoms with Crippen LogP contribution in [0.5, 0.6) is 0 Å². The van der Waals surface area contributed by atoms with E-state index in [0.29, 0.717) is 0 Å². The SMILES string of the molecule is CS(=O)c1ccc2cccccc1-2. The van der Waals surface area contributed by atoms with E-state index in [-0.39, 0.29) is 0 Å². The molecule has 0 spiro atoms. The maximum absolute atomic E-state index is 11.3. The Morgan fingerprint density at radius 3 is 2.54 bits per heavy atom. The molecule has 0 saturated carbocycles. The van der Waals surface area contributed by atoms with Crippen molar-refractivity contribution in [2.75, 3.05) is 6.26 Å². The van der Waals surface area contributed by atoms with Crippen molar-refractivity contribution in [3.05, 3.63) is 42.5 Å². The molecule has 0 N–H and O–H groups in total. The van der Waals surface area contributed by atoms with Crippen LogP contribution in [0.1, 0.15) is 0 Å². The van der Waals surface area contributed by atoms with Crippen LogP contribution < -0.4 is 0 Å². The highest BCUT2D eigenvalue weighted by Crippen LogP contribution is 2.28. The van der Waals surface area contributed by atoms with Crippen LogP contribution in [0.3, 0.4) is 0 Å². The zero-order valence-electron chi connectivity index (χ0n) is 7.36. The average molecular weight is 190 g/mol. The normalized spacial score (nSPS) is 13.0. The Kier molecular flexibility index (Phi) is 2.15. The minimum atomic E-state index is -0.894. The van der Waals surface area contributed by atoms with Crippen molar-refractivity contribution in [1.29, 1.82) is 0 Å². The zero-order chi connectivity index (χ0) is 9.26. The smallest absolute Gasteiger partial charge is 0.0504 e. The first-order chi connectivity index (χ1) is 6.29. The fourth-order valence-corrected chi connectivity index (χ4v) is 2.19. The highest BCUT2D eigenvalue weighted by Gasteiger charge is 2.09. The highest BCUT2D eigenvalue weighted by atomic mass is 32.2. The van der Waals surface area contributed by atoms with E-state index in [1.165, 1.54) is 0 Å². The molecule has 0 aliphatic heterocycles. The van der Waals surface area contributed by atoms with Gasteiger partial charge in [0.15, 0.2) is 0 Å². The summed E-state index contributed by atoms with van der Waals surface area (Å²) >= 11 is 0. The Labute approximate surface area is 80.2 Å². The number of fused-ring (bicyclic) bond motifs is 1. The van der Waals surface area contributed by atoms with Gasteiger partial charge in [-0.1, -0.05) is 36.4 Å². The molecule has 0 amide bonds. The Morgan fingerprint density at radius 1 is 1.00 bits per heavy atom. The van der Waals surface area contributed by atoms with Gasteiger partial charge in [0.05, 0.1) is 10.8 Å². The molecule has 0 bridgehead atoms. The Balaban J connectivity index is 2.68. The van der Waals surface area contributed by atoms with Gasteiger partial charge in [0.2, 0.25) is 0 Å². The topological polar surface area (TPSA) is 17.1 Å². The Hall–Kier alpha value is -1.15. The number of rotatable bonds is 1. The van der Waals surface area contributed by atoms with Gasteiger partial charge in [-0.25, -0.2) is 0 Å². The Bertz CT molecular complexity index is 422. The van der Waals surface area contributed by atoms with Crippen LogP contribution in [0.15, 0.2) is 47.4 Å². The van der Waals surface area contributed by atoms with E-state index in [1.54, 1.807) is 6.26 Å². The van der Waals surface area contributed by atoms with Gasteiger partial charge in [0, 0.05) is 11.2 Å². The van der Waals surface area contributed by atoms with E-state index in [9.17, 15) is 4.21 Å². The van der Waals surface area contributed by atoms with Crippen LogP contribution >= 0.6 is 0 Å². The molecule has 1 unspecified atom stereocenters. The minimum Gasteiger partial charge on any atom is -0.255 e. The molecule has 0 radical (unpaired) electrons. The molecule has 2 heteroatoms. The van der Waals surface area contributed by atoms with E-state index in [1.807, 2.05) is 42.5 Å². The molecule has 0 saturated heterocycles. The lowest BCUT2D eigenvalue weighted by molar-refractivity contribution is 0.687. The third-order valence-electron chi connectivity index (χ3n) is 2.06. The molecule has 66 valence electrons. The van der Waals surface area contributed by atoms with Crippen molar-refractivity contribution in [2.24, 2.45) is 0 Å². The van der Waals surface area contributed by atoms with E-state index >= 15 is 0 Å². The first-order valence-electron chi connectivity index (χ1n) is 4.10. The summed E-state index contributed by atoms with van der Waals surface area (Å²) in [5, 5.41) is 0. The quantitative estimate of drug-likeness (QED) is 0.675. The van der Waals surface area contributed by atoms with Crippen LogP contribution in [0, 0.1) is 0 Å². The average Bonchev–Trinajstić information content (AvgIpc) is 2.36. The maximum atomic E-state index is 11.3. The van der Waals surface area contributed by atoms with Gasteiger partial charge in [-0.15, -0.1) is 0 Å². The summed E-state index contributed by atoms with van der Waals surface area (Å²) in [6, 6.07) is 13.9. The lowest BCUT2D eigenvalue weighted by Crippen LogP contribution is -1.84. The monoisotopic (exact) mass is 190 g/mol. The van der Waals surface area contributed by atoms with Crippen molar-refractivity contribution < 1.29 is 4.21 Å². The molecule has 0 heterocycles. The molecule has 13 heavy (non-hydrogen) atoms. The predicted octanol–water partition coefficient (Wildman–Crippen LogP) is 2.53. The minimum absolute atomic E-state index is 0.894. The summed E-state index contributed by atoms with van der Waals surface area (Å²) < 4.78 is 11.3. The van der Waals surface area contributed by atoms with E-state index < -0.39 is 10.8 Å². The van der Waals surface area contributed by atoms with Gasteiger partial charge in [-0.2, -0.15) is 0 Å². The molecule has 1 nitrogen and oxygen atoms in total. The molecule has 0 aromatic rings. The van der Waals surface area contributed by atoms with Crippen molar-refractivity contribution in [3.8, 4) is 11.1 Å². The second kappa shape index (κ2) is 3.30. The highest BCUT2D eigenvalue weighted by molar-refractivity contribution is 7.84. The predicted molar refractivity (Wildman–Crippen MR) is 55.4 cm³/mol. The van der Waals surface area contributed by atoms with Gasteiger partial charge in [0.1, 0.15) is 0 Å². The molecular weight excluding hydrogens is 180 g/mol. The summed E-state index contributed by atoms with van der Waals surface area (Å²) in [7, 11) is -0.894. The summed E-state index contributed by atoms with van der Waals surface area (Å²) in [5.74, 6) is 0. The van der Waals surface area contributed by atoms with Crippen LogP contribution in [-0.4, -0.2) is 10.5 Å². The van der Waals surface area contributed by atoms with Crippen molar-refractivity contribution >= 4 is 10.8 Å². The van der Waals surface area contributed by atoms with E-state index in [4.69, 9.17) is 0 Å². The summed E-state index contributed by atoms with van der Waals surface area (Å²) in [6.07, 6.45) is 1.71. The zero-order valence-corrected chi connectivity index (χ0v) is 8.17. The van der Waals surface area contributed by atoms with E-state index in [2.05, 4.69) is 0 Å². The molecule has 2 aliphatic carbocycles. The Morgan fingerprint density at radius 2 is 1.77 bits per heavy atom. The standard InChI is InChI=1S/C11H10OS/c1-13(12)11-8-7-9-5-3-2-4-6-10(9)11/h2-8H,1H3. The largest absolute Gasteiger partial charge is 0.255 e. The molecule has 0 aromatic carbocycles. The third kappa shape index (κ3) is 1.49. The maximum Gasteiger partial charge on any atom is 0.0504 e. The summed E-state index contributed by atoms with van der Waals surface area (Å²) in [6.45, 7) is 0. The van der Waals surface area contributed by atoms with Crippen LogP contribution in [-0.2, 0) is 10.8 Å². The van der Waals surface area contributed by atoms with Gasteiger partial charge >= 0.3 is 0 Å². The second-order valence-corrected chi connectivity index (χ2v) is 4.28. The summed E-state index contributed by atoms with van der Waals surface area (Å²) in [5.41, 5.74) is 2.24. The summed E-state index contributed by atoms with van der Waals surface area (Å²) in [4.78, 5) is 0.922. The van der Waals surface area contributed by atoms with Crippen LogP contribution in [0.4, 0.5) is 0 Å². The number of hydrogen-bond donors (Lipinski definition) is 0. The van der Waals surface area contributed by atoms with Crippen molar-refractivity contribution in [2.45, 2.75) is 4.90 Å². The molecule has 0 fully saturated rings. The third-order valence-corrected chi connectivity index (χ3v) is 3.04. The first-order valence-corrected chi connectivity index (χ1v) is 5.66. The van der Waals surface area contributed by atoms with Crippen molar-refractivity contribution in [3.63, 3.8) is 0 Å². The van der Waals surface area contributed by atoms with Crippen LogP contribution in [0.2, 0.25) is 0 Å². The van der Waals surface area contributed by atoms with Gasteiger partial charge in [-0.3, -0.25) is 4.21 Å². The molecule has 2 rings (SSSR count). The fraction of sp³-hybridized carbons (Fsp3) is 0.0909. The fourth-order valence-electron chi connectivity index (χ4n) is 1.44. The van der Waals surface area contributed by atoms with Gasteiger partial charge in [-0.05, 0) is 17.2 Å². The van der Waals surface area contributed by atoms with Crippen LogP contribution in [0.25, 0.3) is 11.1 Å². The lowest BCUT2D eigenvalue weighted by atomic mass is 10.2. The van der Waals surface area contributed by atoms with Gasteiger partial charge < -0.3 is 0 Å². The lowest BCUT2D eigenvalue weighted by Gasteiger charge is -1.95. The second-order valence-electron chi connectivity index (χ2n) is 2.93. The molecule has 1 atom stereocenters. The number of hydrogen-bond acceptors (Lipinski definition) is 1. The van der Waals surface area contributed by atoms with Gasteiger partial charge in [0.25, 0.3) is 0 Å². The molecule has 2 aliphatic rings. The molecule has 0 aromatic heterocycles.